The van der Waals surface area contributed by atoms with E-state index in [4.69, 9.17) is 0 Å². The highest BCUT2D eigenvalue weighted by Gasteiger charge is 2.28. The minimum atomic E-state index is -3.15. The second-order valence-electron chi connectivity index (χ2n) is 9.88. The van der Waals surface area contributed by atoms with Gasteiger partial charge < -0.3 is 0 Å². The fourth-order valence-electron chi connectivity index (χ4n) is 4.11. The van der Waals surface area contributed by atoms with Crippen LogP contribution in [0.15, 0.2) is 36.4 Å². The van der Waals surface area contributed by atoms with Crippen LogP contribution in [0.5, 0.6) is 0 Å². The quantitative estimate of drug-likeness (QED) is 0.241. The zero-order valence-corrected chi connectivity index (χ0v) is 24.6. The number of ketones is 1. The van der Waals surface area contributed by atoms with E-state index >= 15 is 0 Å². The van der Waals surface area contributed by atoms with Gasteiger partial charge >= 0.3 is 0 Å². The van der Waals surface area contributed by atoms with Crippen LogP contribution in [0.3, 0.4) is 0 Å². The molecule has 0 unspecified atom stereocenters. The maximum absolute atomic E-state index is 13.2. The minimum Gasteiger partial charge on any atom is -0.300 e. The average molecular weight is 511 g/mol. The maximum atomic E-state index is 13.2. The highest BCUT2D eigenvalue weighted by molar-refractivity contribution is 5.78. The van der Waals surface area contributed by atoms with Gasteiger partial charge in [0.25, 0.3) is 5.92 Å². The normalized spacial score (nSPS) is 11.6. The van der Waals surface area contributed by atoms with Crippen molar-refractivity contribution >= 4 is 11.4 Å². The molecule has 1 nitrogen and oxygen atoms in total. The first-order chi connectivity index (χ1) is 16.8. The highest BCUT2D eigenvalue weighted by atomic mass is 19.3. The lowest BCUT2D eigenvalue weighted by Gasteiger charge is -2.14. The summed E-state index contributed by atoms with van der Waals surface area (Å²) in [6.07, 6.45) is 12.4. The first-order valence-corrected chi connectivity index (χ1v) is 13.8. The van der Waals surface area contributed by atoms with E-state index in [1.54, 1.807) is 6.92 Å². The number of Topliss-reactive ketones (excluding diaryl/α,β-unsaturated/α-hetero) is 1. The summed E-state index contributed by atoms with van der Waals surface area (Å²) in [5.41, 5.74) is 2.34. The molecule has 208 valence electrons. The lowest BCUT2D eigenvalue weighted by molar-refractivity contribution is -0.121. The summed E-state index contributed by atoms with van der Waals surface area (Å²) in [5.74, 6) is -2.51. The molecule has 36 heavy (non-hydrogen) atoms. The Morgan fingerprint density at radius 2 is 1.33 bits per heavy atom. The number of allylic oxidation sites excluding steroid dienone is 3. The van der Waals surface area contributed by atoms with E-state index in [-0.39, 0.29) is 0 Å². The third-order valence-electron chi connectivity index (χ3n) is 6.23. The van der Waals surface area contributed by atoms with Gasteiger partial charge in [0.15, 0.2) is 0 Å². The molecule has 0 amide bonds. The standard InChI is InChI=1S/C13H15F3.C10H20.C9H18O/c1-4-5-9(2)10-6-7-12(14)11(8-10)13(3,15)16;1-5-7-10(8-6-2)9(3)4;1-4-6-9(7-5-2)8(3)10/h5-8H,4H2,1-3H3;10H,3,5-8H2,1-2,4H3;9H,4-7H2,1-3H3/b9-5+;;. The van der Waals surface area contributed by atoms with Crippen LogP contribution in [0.1, 0.15) is 131 Å². The van der Waals surface area contributed by atoms with Crippen molar-refractivity contribution in [2.75, 3.05) is 0 Å². The molecule has 1 aromatic carbocycles. The van der Waals surface area contributed by atoms with Gasteiger partial charge in [-0.2, -0.15) is 0 Å². The van der Waals surface area contributed by atoms with E-state index in [0.717, 1.165) is 49.7 Å². The minimum absolute atomic E-state index is 0.343. The van der Waals surface area contributed by atoms with Crippen LogP contribution in [0.25, 0.3) is 5.57 Å². The summed E-state index contributed by atoms with van der Waals surface area (Å²) in [4.78, 5) is 10.9. The van der Waals surface area contributed by atoms with Crippen LogP contribution in [0.2, 0.25) is 0 Å². The second kappa shape index (κ2) is 20.2. The summed E-state index contributed by atoms with van der Waals surface area (Å²) in [6, 6.07) is 3.83. The molecule has 0 aliphatic heterocycles. The molecule has 1 aromatic rings. The van der Waals surface area contributed by atoms with Crippen molar-refractivity contribution < 1.29 is 18.0 Å². The van der Waals surface area contributed by atoms with Crippen molar-refractivity contribution in [3.8, 4) is 0 Å². The molecule has 0 aromatic heterocycles. The Bertz CT molecular complexity index is 736. The Labute approximate surface area is 220 Å². The molecular formula is C32H53F3O. The van der Waals surface area contributed by atoms with Gasteiger partial charge in [-0.05, 0) is 82.1 Å². The molecule has 0 saturated carbocycles. The van der Waals surface area contributed by atoms with E-state index in [1.807, 2.05) is 19.9 Å². The lowest BCUT2D eigenvalue weighted by atomic mass is 9.92. The third-order valence-corrected chi connectivity index (χ3v) is 6.23. The molecule has 0 heterocycles. The number of carbonyl (C=O) groups is 1. The van der Waals surface area contributed by atoms with Crippen LogP contribution in [-0.4, -0.2) is 5.78 Å². The number of rotatable bonds is 13. The zero-order chi connectivity index (χ0) is 28.3. The lowest BCUT2D eigenvalue weighted by Crippen LogP contribution is -2.10. The number of hydrogen-bond acceptors (Lipinski definition) is 1. The van der Waals surface area contributed by atoms with E-state index in [2.05, 4.69) is 41.2 Å². The van der Waals surface area contributed by atoms with E-state index in [0.29, 0.717) is 24.2 Å². The summed E-state index contributed by atoms with van der Waals surface area (Å²) < 4.78 is 39.4. The second-order valence-corrected chi connectivity index (χ2v) is 9.88. The summed E-state index contributed by atoms with van der Waals surface area (Å²) in [6.45, 7) is 21.1. The number of hydrogen-bond donors (Lipinski definition) is 0. The van der Waals surface area contributed by atoms with Crippen molar-refractivity contribution in [3.63, 3.8) is 0 Å². The largest absolute Gasteiger partial charge is 0.300 e. The first kappa shape index (κ1) is 36.3. The van der Waals surface area contributed by atoms with Gasteiger partial charge in [0.05, 0.1) is 5.56 Å². The van der Waals surface area contributed by atoms with Crippen molar-refractivity contribution in [1.29, 1.82) is 0 Å². The third kappa shape index (κ3) is 16.0. The number of halogens is 3. The molecule has 4 heteroatoms. The Kier molecular flexibility index (Phi) is 20.4. The average Bonchev–Trinajstić information content (AvgIpc) is 2.79. The number of carbonyl (C=O) groups excluding carboxylic acids is 1. The Balaban J connectivity index is 0. The van der Waals surface area contributed by atoms with Crippen LogP contribution < -0.4 is 0 Å². The van der Waals surface area contributed by atoms with Gasteiger partial charge in [-0.15, -0.1) is 0 Å². The molecule has 0 aliphatic rings. The molecule has 0 saturated heterocycles. The predicted molar refractivity (Wildman–Crippen MR) is 152 cm³/mol. The van der Waals surface area contributed by atoms with Gasteiger partial charge in [-0.3, -0.25) is 4.79 Å². The highest BCUT2D eigenvalue weighted by Crippen LogP contribution is 2.31. The van der Waals surface area contributed by atoms with Crippen LogP contribution in [0, 0.1) is 17.7 Å². The molecule has 0 radical (unpaired) electrons. The zero-order valence-electron chi connectivity index (χ0n) is 24.6. The van der Waals surface area contributed by atoms with E-state index in [9.17, 15) is 18.0 Å². The maximum Gasteiger partial charge on any atom is 0.273 e. The molecule has 0 spiro atoms. The summed E-state index contributed by atoms with van der Waals surface area (Å²) >= 11 is 0. The van der Waals surface area contributed by atoms with Gasteiger partial charge in [0.1, 0.15) is 11.6 Å². The monoisotopic (exact) mass is 510 g/mol. The molecule has 0 fully saturated rings. The van der Waals surface area contributed by atoms with Gasteiger partial charge in [0.2, 0.25) is 0 Å². The van der Waals surface area contributed by atoms with E-state index in [1.165, 1.54) is 43.4 Å². The van der Waals surface area contributed by atoms with Crippen molar-refractivity contribution in [2.45, 2.75) is 126 Å². The van der Waals surface area contributed by atoms with Crippen LogP contribution >= 0.6 is 0 Å². The van der Waals surface area contributed by atoms with Gasteiger partial charge in [-0.25, -0.2) is 13.2 Å². The topological polar surface area (TPSA) is 17.1 Å². The van der Waals surface area contributed by atoms with E-state index < -0.39 is 17.3 Å². The smallest absolute Gasteiger partial charge is 0.273 e. The predicted octanol–water partition coefficient (Wildman–Crippen LogP) is 11.3. The SMILES string of the molecule is C=C(C)C(CCC)CCC.CC/C=C(\C)c1ccc(F)c(C(C)(F)F)c1.CCCC(CCC)C(C)=O. The molecule has 1 rings (SSSR count). The summed E-state index contributed by atoms with van der Waals surface area (Å²) in [7, 11) is 0. The fraction of sp³-hybridized carbons (Fsp3) is 0.656. The molecule has 0 N–H and O–H groups in total. The molecule has 0 aliphatic carbocycles. The van der Waals surface area contributed by atoms with Gasteiger partial charge in [-0.1, -0.05) is 84.6 Å². The number of alkyl halides is 2. The first-order valence-electron chi connectivity index (χ1n) is 13.8. The fourth-order valence-corrected chi connectivity index (χ4v) is 4.11. The van der Waals surface area contributed by atoms with Crippen molar-refractivity contribution in [2.24, 2.45) is 11.8 Å². The van der Waals surface area contributed by atoms with Crippen LogP contribution in [-0.2, 0) is 10.7 Å². The summed E-state index contributed by atoms with van der Waals surface area (Å²) in [5, 5.41) is 0. The van der Waals surface area contributed by atoms with Gasteiger partial charge in [0, 0.05) is 12.8 Å². The Morgan fingerprint density at radius 1 is 0.889 bits per heavy atom. The molecular weight excluding hydrogens is 457 g/mol. The Morgan fingerprint density at radius 3 is 1.67 bits per heavy atom. The molecule has 0 bridgehead atoms. The Hall–Kier alpha value is -1.84. The number of benzene rings is 1. The molecule has 0 atom stereocenters. The van der Waals surface area contributed by atoms with Crippen molar-refractivity contribution in [3.05, 3.63) is 53.4 Å². The van der Waals surface area contributed by atoms with Crippen LogP contribution in [0.4, 0.5) is 13.2 Å². The van der Waals surface area contributed by atoms with Crippen molar-refractivity contribution in [1.82, 2.24) is 0 Å².